The van der Waals surface area contributed by atoms with Gasteiger partial charge in [-0.25, -0.2) is 0 Å². The summed E-state index contributed by atoms with van der Waals surface area (Å²) in [5, 5.41) is 0. The number of hydrogen-bond acceptors (Lipinski definition) is 0. The van der Waals surface area contributed by atoms with Crippen LogP contribution in [0.2, 0.25) is 3.63 Å². The van der Waals surface area contributed by atoms with E-state index in [2.05, 4.69) is 151 Å². The Morgan fingerprint density at radius 1 is 0.545 bits per heavy atom. The first-order chi connectivity index (χ1) is 21.1. The van der Waals surface area contributed by atoms with Crippen molar-refractivity contribution in [2.24, 2.45) is 0 Å². The monoisotopic (exact) mass is 652 g/mol. The van der Waals surface area contributed by atoms with Crippen molar-refractivity contribution in [3.05, 3.63) is 131 Å². The van der Waals surface area contributed by atoms with Crippen molar-refractivity contribution in [2.45, 2.75) is 85.3 Å². The van der Waals surface area contributed by atoms with Crippen LogP contribution in [-0.2, 0) is 32.1 Å². The molecule has 0 amide bonds. The van der Waals surface area contributed by atoms with E-state index in [1.54, 1.807) is 11.1 Å². The van der Waals surface area contributed by atoms with Gasteiger partial charge in [0, 0.05) is 0 Å². The minimum atomic E-state index is -2.27. The van der Waals surface area contributed by atoms with E-state index >= 15 is 0 Å². The molecule has 1 saturated carbocycles. The molecule has 7 rings (SSSR count). The fraction of sp³-hybridized carbons (Fsp3) is 0.326. The second-order valence-corrected chi connectivity index (χ2v) is 22.2. The average Bonchev–Trinajstić information content (AvgIpc) is 3.79. The molecule has 0 heterocycles. The minimum absolute atomic E-state index is 0.0357. The molecular weight excluding hydrogens is 608 g/mol. The van der Waals surface area contributed by atoms with Gasteiger partial charge in [-0.05, 0) is 0 Å². The van der Waals surface area contributed by atoms with Gasteiger partial charge in [-0.3, -0.25) is 0 Å². The Bertz CT molecular complexity index is 1680. The molecule has 3 aliphatic rings. The van der Waals surface area contributed by atoms with Crippen molar-refractivity contribution in [3.8, 4) is 33.4 Å². The maximum absolute atomic E-state index is 2.66. The molecule has 4 aromatic rings. The topological polar surface area (TPSA) is 0 Å². The number of rotatable bonds is 4. The van der Waals surface area contributed by atoms with Crippen LogP contribution in [-0.4, -0.2) is 3.21 Å². The quantitative estimate of drug-likeness (QED) is 0.206. The summed E-state index contributed by atoms with van der Waals surface area (Å²) in [4.78, 5) is 0. The summed E-state index contributed by atoms with van der Waals surface area (Å²) in [5.41, 5.74) is 14.7. The number of fused-ring (bicyclic) bond motifs is 3. The van der Waals surface area contributed by atoms with Crippen LogP contribution in [0.15, 0.2) is 109 Å². The van der Waals surface area contributed by atoms with Gasteiger partial charge in [-0.2, -0.15) is 0 Å². The van der Waals surface area contributed by atoms with Gasteiger partial charge in [0.2, 0.25) is 0 Å². The Kier molecular flexibility index (Phi) is 7.78. The van der Waals surface area contributed by atoms with E-state index in [4.69, 9.17) is 0 Å². The summed E-state index contributed by atoms with van der Waals surface area (Å²) in [5.74, 6) is 0. The van der Waals surface area contributed by atoms with E-state index in [9.17, 15) is 0 Å². The summed E-state index contributed by atoms with van der Waals surface area (Å²) < 4.78 is 3.14. The molecule has 44 heavy (non-hydrogen) atoms. The molecule has 0 unspecified atom stereocenters. The van der Waals surface area contributed by atoms with Gasteiger partial charge in [-0.1, -0.05) is 0 Å². The van der Waals surface area contributed by atoms with Gasteiger partial charge in [0.1, 0.15) is 0 Å². The second kappa shape index (κ2) is 11.5. The number of hydrogen-bond donors (Lipinski definition) is 0. The average molecular weight is 654 g/mol. The third kappa shape index (κ3) is 5.34. The van der Waals surface area contributed by atoms with Gasteiger partial charge >= 0.3 is 275 Å². The fourth-order valence-electron chi connectivity index (χ4n) is 8.00. The van der Waals surface area contributed by atoms with Crippen molar-refractivity contribution in [1.82, 2.24) is 0 Å². The van der Waals surface area contributed by atoms with Crippen molar-refractivity contribution in [1.29, 1.82) is 0 Å². The van der Waals surface area contributed by atoms with Gasteiger partial charge in [0.15, 0.2) is 0 Å². The molecule has 0 nitrogen and oxygen atoms in total. The van der Waals surface area contributed by atoms with Crippen LogP contribution in [0.5, 0.6) is 0 Å². The first-order valence-electron chi connectivity index (χ1n) is 16.7. The SMILES string of the molecule is CC(C)(C)c1cc2c(cc1-c1ccccc1)[CH]([Zr](=[C]1CCCC1)[CH]1C=CC=C1)c1cc(-c3ccccc3)c(C(C)(C)C)cc1-2. The molecule has 0 atom stereocenters. The molecule has 0 N–H and O–H groups in total. The van der Waals surface area contributed by atoms with E-state index in [0.29, 0.717) is 7.25 Å². The van der Waals surface area contributed by atoms with E-state index in [1.165, 1.54) is 70.2 Å². The molecule has 0 saturated heterocycles. The van der Waals surface area contributed by atoms with Gasteiger partial charge in [0.25, 0.3) is 0 Å². The Hall–Kier alpha value is -2.89. The van der Waals surface area contributed by atoms with Crippen molar-refractivity contribution in [3.63, 3.8) is 0 Å². The Morgan fingerprint density at radius 2 is 0.977 bits per heavy atom. The zero-order valence-electron chi connectivity index (χ0n) is 27.4. The molecule has 0 aromatic heterocycles. The van der Waals surface area contributed by atoms with E-state index in [0.717, 1.165) is 0 Å². The van der Waals surface area contributed by atoms with Gasteiger partial charge < -0.3 is 0 Å². The van der Waals surface area contributed by atoms with Crippen LogP contribution in [0.25, 0.3) is 33.4 Å². The van der Waals surface area contributed by atoms with Crippen LogP contribution < -0.4 is 0 Å². The molecule has 222 valence electrons. The molecule has 0 radical (unpaired) electrons. The van der Waals surface area contributed by atoms with Crippen molar-refractivity contribution in [2.75, 3.05) is 0 Å². The van der Waals surface area contributed by atoms with Crippen LogP contribution >= 0.6 is 0 Å². The van der Waals surface area contributed by atoms with Crippen LogP contribution in [0.1, 0.15) is 93.1 Å². The molecule has 0 spiro atoms. The third-order valence-electron chi connectivity index (χ3n) is 10.1. The zero-order valence-corrected chi connectivity index (χ0v) is 29.8. The van der Waals surface area contributed by atoms with Gasteiger partial charge in [-0.15, -0.1) is 0 Å². The first-order valence-corrected chi connectivity index (χ1v) is 20.7. The summed E-state index contributed by atoms with van der Waals surface area (Å²) in [6.07, 6.45) is 15.2. The summed E-state index contributed by atoms with van der Waals surface area (Å²) in [6.45, 7) is 14.3. The molecule has 1 heteroatoms. The normalized spacial score (nSPS) is 16.5. The second-order valence-electron chi connectivity index (χ2n) is 15.2. The van der Waals surface area contributed by atoms with Crippen molar-refractivity contribution >= 4 is 3.21 Å². The molecule has 0 bridgehead atoms. The Balaban J connectivity index is 1.58. The van der Waals surface area contributed by atoms with Crippen LogP contribution in [0.4, 0.5) is 0 Å². The van der Waals surface area contributed by atoms with Crippen molar-refractivity contribution < 1.29 is 21.3 Å². The van der Waals surface area contributed by atoms with Gasteiger partial charge in [0.05, 0.1) is 0 Å². The maximum atomic E-state index is 2.66. The standard InChI is InChI=1S/C33H33.C5H8.C5H5.Zr/c1-32(2,3)30-20-26-24(18-28(30)22-13-9-7-10-14-22)17-25-19-29(23-15-11-8-12-16-23)31(21-27(25)26)33(4,5)6;2*1-2-4-5-3-1;/h7-21H,1-6H3;1-4H2;1-5H;. The number of allylic oxidation sites excluding steroid dienone is 4. The van der Waals surface area contributed by atoms with E-state index < -0.39 is 21.3 Å². The molecule has 3 aliphatic carbocycles. The molecule has 4 aromatic carbocycles. The summed E-state index contributed by atoms with van der Waals surface area (Å²) >= 11 is -2.27. The number of benzene rings is 4. The Labute approximate surface area is 273 Å². The van der Waals surface area contributed by atoms with Crippen LogP contribution in [0.3, 0.4) is 0 Å². The summed E-state index contributed by atoms with van der Waals surface area (Å²) in [6, 6.07) is 32.9. The van der Waals surface area contributed by atoms with E-state index in [1.807, 2.05) is 3.21 Å². The third-order valence-corrected chi connectivity index (χ3v) is 19.1. The van der Waals surface area contributed by atoms with E-state index in [-0.39, 0.29) is 10.8 Å². The fourth-order valence-corrected chi connectivity index (χ4v) is 17.8. The van der Waals surface area contributed by atoms with Crippen LogP contribution in [0, 0.1) is 0 Å². The zero-order chi connectivity index (χ0) is 30.6. The predicted molar refractivity (Wildman–Crippen MR) is 187 cm³/mol. The first kappa shape index (κ1) is 29.8. The molecule has 0 aliphatic heterocycles. The Morgan fingerprint density at radius 3 is 1.39 bits per heavy atom. The predicted octanol–water partition coefficient (Wildman–Crippen LogP) is 12.0. The molecule has 1 fully saturated rings. The molecular formula is C43H46Zr. The summed E-state index contributed by atoms with van der Waals surface area (Å²) in [7, 11) is 0.